The molecule has 1 aromatic carbocycles. The predicted molar refractivity (Wildman–Crippen MR) is 57.6 cm³/mol. The lowest BCUT2D eigenvalue weighted by Gasteiger charge is -2.05. The highest BCUT2D eigenvalue weighted by molar-refractivity contribution is 7.07. The molecule has 0 bridgehead atoms. The smallest absolute Gasteiger partial charge is 0.166 e. The molecule has 0 amide bonds. The molecule has 80 valence electrons. The van der Waals surface area contributed by atoms with E-state index >= 15 is 0 Å². The predicted octanol–water partition coefficient (Wildman–Crippen LogP) is 2.73. The van der Waals surface area contributed by atoms with Crippen molar-refractivity contribution in [1.29, 1.82) is 5.26 Å². The zero-order valence-corrected chi connectivity index (χ0v) is 9.00. The number of rotatable bonds is 3. The molecule has 0 radical (unpaired) electrons. The third-order valence-electron chi connectivity index (χ3n) is 1.92. The fraction of sp³-hybridized carbons (Fsp3) is 0.0909. The van der Waals surface area contributed by atoms with Crippen molar-refractivity contribution < 1.29 is 9.13 Å². The molecule has 3 nitrogen and oxygen atoms in total. The van der Waals surface area contributed by atoms with Crippen molar-refractivity contribution in [2.45, 2.75) is 6.61 Å². The summed E-state index contributed by atoms with van der Waals surface area (Å²) in [5.74, 6) is -0.402. The summed E-state index contributed by atoms with van der Waals surface area (Å²) in [6, 6.07) is 5.97. The van der Waals surface area contributed by atoms with Gasteiger partial charge in [-0.15, -0.1) is 11.3 Å². The van der Waals surface area contributed by atoms with Crippen LogP contribution in [-0.2, 0) is 6.61 Å². The zero-order valence-electron chi connectivity index (χ0n) is 8.18. The summed E-state index contributed by atoms with van der Waals surface area (Å²) in [7, 11) is 0. The van der Waals surface area contributed by atoms with Gasteiger partial charge in [0.1, 0.15) is 6.61 Å². The highest BCUT2D eigenvalue weighted by atomic mass is 32.1. The summed E-state index contributed by atoms with van der Waals surface area (Å²) < 4.78 is 18.6. The lowest BCUT2D eigenvalue weighted by atomic mass is 10.2. The van der Waals surface area contributed by atoms with Crippen LogP contribution in [0.25, 0.3) is 0 Å². The van der Waals surface area contributed by atoms with Crippen LogP contribution in [0.3, 0.4) is 0 Å². The maximum absolute atomic E-state index is 13.4. The van der Waals surface area contributed by atoms with E-state index in [1.807, 2.05) is 11.4 Å². The first-order valence-corrected chi connectivity index (χ1v) is 5.43. The van der Waals surface area contributed by atoms with E-state index in [4.69, 9.17) is 10.00 Å². The Morgan fingerprint density at radius 3 is 3.00 bits per heavy atom. The first kappa shape index (κ1) is 10.6. The summed E-state index contributed by atoms with van der Waals surface area (Å²) in [4.78, 5) is 4.01. The minimum Gasteiger partial charge on any atom is -0.484 e. The third-order valence-corrected chi connectivity index (χ3v) is 2.56. The number of hydrogen-bond donors (Lipinski definition) is 0. The first-order chi connectivity index (χ1) is 7.79. The molecule has 0 aliphatic rings. The number of aromatic nitrogens is 1. The number of benzene rings is 1. The molecule has 5 heteroatoms. The number of thiazole rings is 1. The third kappa shape index (κ3) is 2.35. The van der Waals surface area contributed by atoms with Crippen molar-refractivity contribution in [1.82, 2.24) is 4.98 Å². The number of nitriles is 1. The maximum Gasteiger partial charge on any atom is 0.166 e. The monoisotopic (exact) mass is 234 g/mol. The topological polar surface area (TPSA) is 45.9 Å². The fourth-order valence-electron chi connectivity index (χ4n) is 1.15. The molecule has 0 saturated heterocycles. The molecular weight excluding hydrogens is 227 g/mol. The molecule has 16 heavy (non-hydrogen) atoms. The van der Waals surface area contributed by atoms with Crippen molar-refractivity contribution in [2.24, 2.45) is 0 Å². The molecule has 0 atom stereocenters. The highest BCUT2D eigenvalue weighted by Gasteiger charge is 2.05. The summed E-state index contributed by atoms with van der Waals surface area (Å²) in [5, 5.41) is 10.4. The van der Waals surface area contributed by atoms with Gasteiger partial charge in [-0.3, -0.25) is 0 Å². The van der Waals surface area contributed by atoms with Gasteiger partial charge in [-0.1, -0.05) is 0 Å². The minimum atomic E-state index is -0.533. The van der Waals surface area contributed by atoms with Crippen molar-refractivity contribution in [3.63, 3.8) is 0 Å². The Morgan fingerprint density at radius 2 is 2.38 bits per heavy atom. The molecule has 0 saturated carbocycles. The van der Waals surface area contributed by atoms with Crippen LogP contribution in [0.2, 0.25) is 0 Å². The molecule has 0 fully saturated rings. The Morgan fingerprint density at radius 1 is 1.50 bits per heavy atom. The van der Waals surface area contributed by atoms with Gasteiger partial charge in [0.25, 0.3) is 0 Å². The second kappa shape index (κ2) is 4.73. The molecule has 0 N–H and O–H groups in total. The van der Waals surface area contributed by atoms with Crippen molar-refractivity contribution >= 4 is 11.3 Å². The quantitative estimate of drug-likeness (QED) is 0.820. The number of hydrogen-bond acceptors (Lipinski definition) is 4. The zero-order chi connectivity index (χ0) is 11.4. The lowest BCUT2D eigenvalue weighted by molar-refractivity contribution is 0.286. The second-order valence-corrected chi connectivity index (χ2v) is 3.74. The van der Waals surface area contributed by atoms with Crippen LogP contribution in [0.1, 0.15) is 11.3 Å². The van der Waals surface area contributed by atoms with Gasteiger partial charge in [-0.25, -0.2) is 9.37 Å². The number of nitrogens with zero attached hydrogens (tertiary/aromatic N) is 2. The summed E-state index contributed by atoms with van der Waals surface area (Å²) in [5.41, 5.74) is 2.72. The Bertz CT molecular complexity index is 519. The molecule has 0 unspecified atom stereocenters. The van der Waals surface area contributed by atoms with E-state index in [1.54, 1.807) is 5.51 Å². The van der Waals surface area contributed by atoms with Crippen LogP contribution in [-0.4, -0.2) is 4.98 Å². The van der Waals surface area contributed by atoms with Gasteiger partial charge in [0, 0.05) is 5.38 Å². The molecular formula is C11H7FN2OS. The Balaban J connectivity index is 2.08. The molecule has 2 aromatic rings. The molecule has 1 aromatic heterocycles. The van der Waals surface area contributed by atoms with Gasteiger partial charge >= 0.3 is 0 Å². The van der Waals surface area contributed by atoms with E-state index in [-0.39, 0.29) is 17.9 Å². The van der Waals surface area contributed by atoms with Gasteiger partial charge in [-0.2, -0.15) is 5.26 Å². The summed E-state index contributed by atoms with van der Waals surface area (Å²) in [6.45, 7) is 0.228. The van der Waals surface area contributed by atoms with Crippen LogP contribution in [0.4, 0.5) is 4.39 Å². The van der Waals surface area contributed by atoms with E-state index in [0.29, 0.717) is 0 Å². The Hall–Kier alpha value is -1.93. The average molecular weight is 234 g/mol. The average Bonchev–Trinajstić information content (AvgIpc) is 2.80. The molecule has 0 spiro atoms. The summed E-state index contributed by atoms with van der Waals surface area (Å²) >= 11 is 1.46. The molecule has 2 rings (SSSR count). The van der Waals surface area contributed by atoms with Gasteiger partial charge in [-0.05, 0) is 18.2 Å². The Kier molecular flexibility index (Phi) is 3.13. The van der Waals surface area contributed by atoms with Gasteiger partial charge in [0.05, 0.1) is 22.8 Å². The van der Waals surface area contributed by atoms with Crippen molar-refractivity contribution in [2.75, 3.05) is 0 Å². The SMILES string of the molecule is N#Cc1ccc(OCc2cscn2)c(F)c1. The van der Waals surface area contributed by atoms with Crippen LogP contribution in [0.5, 0.6) is 5.75 Å². The standard InChI is InChI=1S/C11H7FN2OS/c12-10-3-8(4-13)1-2-11(10)15-5-9-6-16-7-14-9/h1-3,6-7H,5H2. The normalized spacial score (nSPS) is 9.75. The van der Waals surface area contributed by atoms with Crippen LogP contribution < -0.4 is 4.74 Å². The minimum absolute atomic E-state index is 0.131. The van der Waals surface area contributed by atoms with Crippen molar-refractivity contribution in [3.8, 4) is 11.8 Å². The maximum atomic E-state index is 13.4. The van der Waals surface area contributed by atoms with Crippen LogP contribution in [0.15, 0.2) is 29.1 Å². The molecule has 0 aliphatic heterocycles. The van der Waals surface area contributed by atoms with E-state index in [0.717, 1.165) is 11.8 Å². The van der Waals surface area contributed by atoms with E-state index in [1.165, 1.54) is 23.5 Å². The van der Waals surface area contributed by atoms with E-state index in [9.17, 15) is 4.39 Å². The van der Waals surface area contributed by atoms with E-state index in [2.05, 4.69) is 4.98 Å². The molecule has 1 heterocycles. The highest BCUT2D eigenvalue weighted by Crippen LogP contribution is 2.19. The van der Waals surface area contributed by atoms with Crippen LogP contribution >= 0.6 is 11.3 Å². The second-order valence-electron chi connectivity index (χ2n) is 3.03. The fourth-order valence-corrected chi connectivity index (χ4v) is 1.69. The van der Waals surface area contributed by atoms with Gasteiger partial charge in [0.15, 0.2) is 11.6 Å². The first-order valence-electron chi connectivity index (χ1n) is 4.49. The van der Waals surface area contributed by atoms with Gasteiger partial charge < -0.3 is 4.74 Å². The van der Waals surface area contributed by atoms with Crippen LogP contribution in [0, 0.1) is 17.1 Å². The van der Waals surface area contributed by atoms with E-state index < -0.39 is 5.82 Å². The number of ether oxygens (including phenoxy) is 1. The molecule has 0 aliphatic carbocycles. The largest absolute Gasteiger partial charge is 0.484 e. The van der Waals surface area contributed by atoms with Gasteiger partial charge in [0.2, 0.25) is 0 Å². The van der Waals surface area contributed by atoms with Crippen molar-refractivity contribution in [3.05, 3.63) is 46.2 Å². The lowest BCUT2D eigenvalue weighted by Crippen LogP contribution is -1.97. The Labute approximate surface area is 95.8 Å². The number of halogens is 1. The summed E-state index contributed by atoms with van der Waals surface area (Å²) in [6.07, 6.45) is 0.